The quantitative estimate of drug-likeness (QED) is 0.728. The molecule has 0 saturated carbocycles. The highest BCUT2D eigenvalue weighted by atomic mass is 19.1. The molecule has 6 nitrogen and oxygen atoms in total. The molecule has 122 valence electrons. The van der Waals surface area contributed by atoms with E-state index in [1.807, 2.05) is 4.90 Å². The number of hydrogen-bond acceptors (Lipinski definition) is 5. The Hall–Kier alpha value is -2.48. The predicted octanol–water partition coefficient (Wildman–Crippen LogP) is 1.07. The minimum Gasteiger partial charge on any atom is -0.484 e. The third kappa shape index (κ3) is 3.16. The molecule has 0 spiro atoms. The average molecular weight is 322 g/mol. The number of rotatable bonds is 3. The van der Waals surface area contributed by atoms with Gasteiger partial charge in [0.1, 0.15) is 23.9 Å². The first-order valence-electron chi connectivity index (χ1n) is 7.21. The van der Waals surface area contributed by atoms with E-state index in [1.165, 1.54) is 0 Å². The molecule has 3 rings (SSSR count). The van der Waals surface area contributed by atoms with Crippen molar-refractivity contribution in [2.24, 2.45) is 0 Å². The van der Waals surface area contributed by atoms with E-state index < -0.39 is 17.5 Å². The van der Waals surface area contributed by atoms with Gasteiger partial charge in [0.2, 0.25) is 5.76 Å². The van der Waals surface area contributed by atoms with Gasteiger partial charge in [0.25, 0.3) is 5.91 Å². The van der Waals surface area contributed by atoms with Crippen molar-refractivity contribution in [2.75, 3.05) is 31.6 Å². The van der Waals surface area contributed by atoms with E-state index >= 15 is 0 Å². The van der Waals surface area contributed by atoms with E-state index in [0.29, 0.717) is 25.4 Å². The van der Waals surface area contributed by atoms with Gasteiger partial charge in [0.05, 0.1) is 6.04 Å². The molecule has 2 aliphatic heterocycles. The van der Waals surface area contributed by atoms with Crippen molar-refractivity contribution >= 4 is 17.8 Å². The van der Waals surface area contributed by atoms with Gasteiger partial charge in [-0.3, -0.25) is 4.79 Å². The summed E-state index contributed by atoms with van der Waals surface area (Å²) in [6, 6.07) is 2.81. The summed E-state index contributed by atoms with van der Waals surface area (Å²) in [4.78, 5) is 14.3. The number of fused-ring (bicyclic) bond motifs is 1. The van der Waals surface area contributed by atoms with Gasteiger partial charge in [-0.15, -0.1) is 0 Å². The number of carbonyl (C=O) groups excluding carboxylic acids is 1. The third-order valence-corrected chi connectivity index (χ3v) is 3.78. The van der Waals surface area contributed by atoms with Crippen molar-refractivity contribution < 1.29 is 18.3 Å². The van der Waals surface area contributed by atoms with Gasteiger partial charge in [-0.2, -0.15) is 0 Å². The number of nitrogens with one attached hydrogen (secondary N) is 3. The van der Waals surface area contributed by atoms with Crippen LogP contribution in [-0.4, -0.2) is 49.3 Å². The van der Waals surface area contributed by atoms with E-state index in [0.717, 1.165) is 31.0 Å². The van der Waals surface area contributed by atoms with E-state index in [4.69, 9.17) is 10.1 Å². The fourth-order valence-corrected chi connectivity index (χ4v) is 2.76. The molecule has 0 bridgehead atoms. The summed E-state index contributed by atoms with van der Waals surface area (Å²) < 4.78 is 31.9. The zero-order valence-corrected chi connectivity index (χ0v) is 12.2. The molecule has 1 saturated heterocycles. The van der Waals surface area contributed by atoms with Crippen molar-refractivity contribution in [3.05, 3.63) is 41.3 Å². The molecule has 1 aromatic carbocycles. The lowest BCUT2D eigenvalue weighted by molar-refractivity contribution is -0.117. The number of nitrogens with zero attached hydrogens (tertiary/aromatic N) is 1. The molecular weight excluding hydrogens is 306 g/mol. The van der Waals surface area contributed by atoms with Crippen molar-refractivity contribution in [3.8, 4) is 0 Å². The summed E-state index contributed by atoms with van der Waals surface area (Å²) in [5.74, 6) is -2.21. The molecular formula is C15H16F2N4O2. The zero-order chi connectivity index (χ0) is 16.4. The molecule has 23 heavy (non-hydrogen) atoms. The smallest absolute Gasteiger partial charge is 0.293 e. The summed E-state index contributed by atoms with van der Waals surface area (Å²) in [6.45, 7) is 2.42. The number of piperazine rings is 1. The number of allylic oxidation sites excluding steroid dienone is 1. The molecule has 0 aromatic heterocycles. The van der Waals surface area contributed by atoms with E-state index in [-0.39, 0.29) is 17.5 Å². The molecule has 1 unspecified atom stereocenters. The molecule has 0 radical (unpaired) electrons. The lowest BCUT2D eigenvalue weighted by Crippen LogP contribution is -2.55. The largest absolute Gasteiger partial charge is 0.484 e. The first-order valence-corrected chi connectivity index (χ1v) is 7.21. The van der Waals surface area contributed by atoms with Gasteiger partial charge in [-0.25, -0.2) is 8.78 Å². The Morgan fingerprint density at radius 3 is 2.83 bits per heavy atom. The zero-order valence-electron chi connectivity index (χ0n) is 12.2. The highest BCUT2D eigenvalue weighted by Gasteiger charge is 2.33. The van der Waals surface area contributed by atoms with Crippen molar-refractivity contribution in [2.45, 2.75) is 6.04 Å². The summed E-state index contributed by atoms with van der Waals surface area (Å²) in [5, 5.41) is 13.2. The summed E-state index contributed by atoms with van der Waals surface area (Å²) in [7, 11) is 0. The van der Waals surface area contributed by atoms with Gasteiger partial charge in [-0.1, -0.05) is 0 Å². The normalized spacial score (nSPS) is 20.6. The van der Waals surface area contributed by atoms with Crippen LogP contribution in [0.2, 0.25) is 0 Å². The second-order valence-corrected chi connectivity index (χ2v) is 5.33. The first-order chi connectivity index (χ1) is 11.1. The average Bonchev–Trinajstić information content (AvgIpc) is 2.52. The fraction of sp³-hybridized carbons (Fsp3) is 0.333. The lowest BCUT2D eigenvalue weighted by atomic mass is 10.1. The first kappa shape index (κ1) is 15.4. The van der Waals surface area contributed by atoms with Crippen LogP contribution in [0.1, 0.15) is 0 Å². The SMILES string of the molecule is N=CC1=C(C(=O)Nc2cc(F)cc(F)c2)OCC2CNCCN12. The van der Waals surface area contributed by atoms with Crippen LogP contribution in [0.4, 0.5) is 14.5 Å². The van der Waals surface area contributed by atoms with Crippen molar-refractivity contribution in [1.82, 2.24) is 10.2 Å². The molecule has 8 heteroatoms. The summed E-state index contributed by atoms with van der Waals surface area (Å²) in [5.41, 5.74) is 0.368. The second kappa shape index (κ2) is 6.33. The number of halogens is 2. The molecule has 1 atom stereocenters. The minimum atomic E-state index is -0.784. The Morgan fingerprint density at radius 1 is 1.39 bits per heavy atom. The van der Waals surface area contributed by atoms with Crippen LogP contribution in [-0.2, 0) is 9.53 Å². The third-order valence-electron chi connectivity index (χ3n) is 3.78. The maximum atomic E-state index is 13.2. The summed E-state index contributed by atoms with van der Waals surface area (Å²) >= 11 is 0. The number of anilines is 1. The van der Waals surface area contributed by atoms with Gasteiger partial charge in [-0.05, 0) is 12.1 Å². The predicted molar refractivity (Wildman–Crippen MR) is 80.1 cm³/mol. The van der Waals surface area contributed by atoms with E-state index in [9.17, 15) is 13.6 Å². The van der Waals surface area contributed by atoms with Gasteiger partial charge in [0.15, 0.2) is 0 Å². The Kier molecular flexibility index (Phi) is 4.24. The topological polar surface area (TPSA) is 77.5 Å². The minimum absolute atomic E-state index is 0.00429. The van der Waals surface area contributed by atoms with Crippen LogP contribution in [0.3, 0.4) is 0 Å². The molecule has 1 amide bonds. The van der Waals surface area contributed by atoms with Crippen LogP contribution < -0.4 is 10.6 Å². The molecule has 1 aromatic rings. The molecule has 3 N–H and O–H groups in total. The molecule has 2 aliphatic rings. The highest BCUT2D eigenvalue weighted by molar-refractivity contribution is 6.05. The number of carbonyl (C=O) groups is 1. The van der Waals surface area contributed by atoms with E-state index in [2.05, 4.69) is 10.6 Å². The maximum Gasteiger partial charge on any atom is 0.293 e. The highest BCUT2D eigenvalue weighted by Crippen LogP contribution is 2.23. The van der Waals surface area contributed by atoms with Crippen molar-refractivity contribution in [1.29, 1.82) is 5.41 Å². The number of hydrogen-bond donors (Lipinski definition) is 3. The second-order valence-electron chi connectivity index (χ2n) is 5.33. The van der Waals surface area contributed by atoms with Crippen LogP contribution in [0.25, 0.3) is 0 Å². The Labute approximate surface area is 131 Å². The summed E-state index contributed by atoms with van der Waals surface area (Å²) in [6.07, 6.45) is 1.07. The van der Waals surface area contributed by atoms with Crippen LogP contribution in [0.5, 0.6) is 0 Å². The number of ether oxygens (including phenoxy) is 1. The Bertz CT molecular complexity index is 657. The monoisotopic (exact) mass is 322 g/mol. The molecule has 0 aliphatic carbocycles. The Balaban J connectivity index is 1.85. The molecule has 1 fully saturated rings. The molecule has 2 heterocycles. The maximum absolute atomic E-state index is 13.2. The standard InChI is InChI=1S/C15H16F2N4O2/c16-9-3-10(17)5-11(4-9)20-15(22)14-13(6-18)21-2-1-19-7-12(21)8-23-14/h3-6,12,18-19H,1-2,7-8H2,(H,20,22). The van der Waals surface area contributed by atoms with E-state index in [1.54, 1.807) is 0 Å². The van der Waals surface area contributed by atoms with Gasteiger partial charge < -0.3 is 25.7 Å². The van der Waals surface area contributed by atoms with Gasteiger partial charge in [0, 0.05) is 37.6 Å². The van der Waals surface area contributed by atoms with Gasteiger partial charge >= 0.3 is 0 Å². The van der Waals surface area contributed by atoms with Crippen LogP contribution >= 0.6 is 0 Å². The lowest BCUT2D eigenvalue weighted by Gasteiger charge is -2.41. The fourth-order valence-electron chi connectivity index (χ4n) is 2.76. The Morgan fingerprint density at radius 2 is 2.13 bits per heavy atom. The van der Waals surface area contributed by atoms with Crippen LogP contribution in [0.15, 0.2) is 29.7 Å². The number of benzene rings is 1. The number of amides is 1. The van der Waals surface area contributed by atoms with Crippen molar-refractivity contribution in [3.63, 3.8) is 0 Å². The van der Waals surface area contributed by atoms with Crippen LogP contribution in [0, 0.1) is 17.0 Å².